The molecule has 1 saturated carbocycles. The molecule has 0 N–H and O–H groups in total. The molecule has 0 saturated heterocycles. The Morgan fingerprint density at radius 1 is 1.16 bits per heavy atom. The van der Waals surface area contributed by atoms with Gasteiger partial charge in [-0.2, -0.15) is 0 Å². The van der Waals surface area contributed by atoms with E-state index < -0.39 is 11.6 Å². The highest BCUT2D eigenvalue weighted by atomic mass is 35.5. The van der Waals surface area contributed by atoms with Crippen LogP contribution in [0.5, 0.6) is 0 Å². The van der Waals surface area contributed by atoms with Gasteiger partial charge in [-0.1, -0.05) is 38.2 Å². The van der Waals surface area contributed by atoms with Gasteiger partial charge in [0.25, 0.3) is 0 Å². The predicted molar refractivity (Wildman–Crippen MR) is 75.5 cm³/mol. The molecule has 3 heteroatoms. The summed E-state index contributed by atoms with van der Waals surface area (Å²) < 4.78 is 26.3. The van der Waals surface area contributed by atoms with Gasteiger partial charge in [-0.15, -0.1) is 11.6 Å². The van der Waals surface area contributed by atoms with Crippen LogP contribution in [0.25, 0.3) is 0 Å². The van der Waals surface area contributed by atoms with Crippen LogP contribution in [0.3, 0.4) is 0 Å². The molecule has 0 spiro atoms. The smallest absolute Gasteiger partial charge is 0.129 e. The lowest BCUT2D eigenvalue weighted by Crippen LogP contribution is -2.11. The normalized spacial score (nSPS) is 18.5. The lowest BCUT2D eigenvalue weighted by Gasteiger charge is -2.22. The van der Waals surface area contributed by atoms with Gasteiger partial charge in [0.1, 0.15) is 11.6 Å². The summed E-state index contributed by atoms with van der Waals surface area (Å²) in [6, 6.07) is 3.73. The van der Waals surface area contributed by atoms with E-state index in [2.05, 4.69) is 0 Å². The van der Waals surface area contributed by atoms with Crippen LogP contribution in [0.2, 0.25) is 0 Å². The van der Waals surface area contributed by atoms with Crippen molar-refractivity contribution in [2.24, 2.45) is 5.92 Å². The van der Waals surface area contributed by atoms with Gasteiger partial charge in [-0.25, -0.2) is 8.78 Å². The first kappa shape index (κ1) is 14.8. The molecule has 0 bridgehead atoms. The molecule has 0 radical (unpaired) electrons. The van der Waals surface area contributed by atoms with Gasteiger partial charge in [-0.3, -0.25) is 0 Å². The first-order valence-electron chi connectivity index (χ1n) is 7.23. The minimum absolute atomic E-state index is 0.0538. The van der Waals surface area contributed by atoms with E-state index in [1.54, 1.807) is 0 Å². The minimum Gasteiger partial charge on any atom is -0.207 e. The Labute approximate surface area is 119 Å². The first-order chi connectivity index (χ1) is 9.15. The summed E-state index contributed by atoms with van der Waals surface area (Å²) in [6.45, 7) is 0. The molecule has 19 heavy (non-hydrogen) atoms. The minimum atomic E-state index is -0.533. The zero-order chi connectivity index (χ0) is 13.7. The van der Waals surface area contributed by atoms with Gasteiger partial charge < -0.3 is 0 Å². The standard InChI is InChI=1S/C16H21ClF2/c17-14(8-6-12-4-2-1-3-5-12)10-13-7-9-15(18)11-16(13)19/h7,9,11-12,14H,1-6,8,10H2. The molecule has 106 valence electrons. The first-order valence-corrected chi connectivity index (χ1v) is 7.67. The van der Waals surface area contributed by atoms with Crippen LogP contribution >= 0.6 is 11.6 Å². The largest absolute Gasteiger partial charge is 0.207 e. The van der Waals surface area contributed by atoms with Crippen molar-refractivity contribution in [3.63, 3.8) is 0 Å². The van der Waals surface area contributed by atoms with E-state index in [1.807, 2.05) is 0 Å². The van der Waals surface area contributed by atoms with Crippen molar-refractivity contribution in [3.05, 3.63) is 35.4 Å². The predicted octanol–water partition coefficient (Wildman–Crippen LogP) is 5.48. The van der Waals surface area contributed by atoms with Crippen LogP contribution in [-0.4, -0.2) is 5.38 Å². The maximum absolute atomic E-state index is 13.5. The second-order valence-corrected chi connectivity index (χ2v) is 6.24. The van der Waals surface area contributed by atoms with Crippen LogP contribution in [0.15, 0.2) is 18.2 Å². The van der Waals surface area contributed by atoms with Crippen molar-refractivity contribution in [2.45, 2.75) is 56.7 Å². The second-order valence-electron chi connectivity index (χ2n) is 5.62. The molecule has 0 aromatic heterocycles. The van der Waals surface area contributed by atoms with Crippen molar-refractivity contribution in [3.8, 4) is 0 Å². The lowest BCUT2D eigenvalue weighted by atomic mass is 9.85. The van der Waals surface area contributed by atoms with E-state index in [9.17, 15) is 8.78 Å². The highest BCUT2D eigenvalue weighted by molar-refractivity contribution is 6.20. The molecule has 1 atom stereocenters. The Bertz CT molecular complexity index is 400. The molecule has 0 nitrogen and oxygen atoms in total. The molecule has 1 aromatic carbocycles. The molecular weight excluding hydrogens is 266 g/mol. The fourth-order valence-corrected chi connectivity index (χ4v) is 3.21. The molecule has 1 fully saturated rings. The van der Waals surface area contributed by atoms with E-state index in [0.717, 1.165) is 24.8 Å². The molecular formula is C16H21ClF2. The van der Waals surface area contributed by atoms with Gasteiger partial charge in [0, 0.05) is 11.4 Å². The SMILES string of the molecule is Fc1ccc(CC(Cl)CCC2CCCCC2)c(F)c1. The molecule has 0 heterocycles. The fraction of sp³-hybridized carbons (Fsp3) is 0.625. The Morgan fingerprint density at radius 2 is 1.89 bits per heavy atom. The summed E-state index contributed by atoms with van der Waals surface area (Å²) in [5.74, 6) is -0.217. The van der Waals surface area contributed by atoms with Gasteiger partial charge >= 0.3 is 0 Å². The van der Waals surface area contributed by atoms with E-state index in [-0.39, 0.29) is 5.38 Å². The topological polar surface area (TPSA) is 0 Å². The third-order valence-electron chi connectivity index (χ3n) is 4.07. The maximum atomic E-state index is 13.5. The Morgan fingerprint density at radius 3 is 2.58 bits per heavy atom. The molecule has 0 amide bonds. The Balaban J connectivity index is 1.78. The van der Waals surface area contributed by atoms with Gasteiger partial charge in [0.15, 0.2) is 0 Å². The molecule has 1 aliphatic rings. The lowest BCUT2D eigenvalue weighted by molar-refractivity contribution is 0.330. The summed E-state index contributed by atoms with van der Waals surface area (Å²) in [5.41, 5.74) is 0.519. The fourth-order valence-electron chi connectivity index (χ4n) is 2.92. The van der Waals surface area contributed by atoms with E-state index in [4.69, 9.17) is 11.6 Å². The summed E-state index contributed by atoms with van der Waals surface area (Å²) in [5, 5.41) is -0.0538. The summed E-state index contributed by atoms with van der Waals surface area (Å²) >= 11 is 6.29. The van der Waals surface area contributed by atoms with Crippen molar-refractivity contribution in [2.75, 3.05) is 0 Å². The molecule has 1 aliphatic carbocycles. The van der Waals surface area contributed by atoms with Gasteiger partial charge in [0.05, 0.1) is 0 Å². The van der Waals surface area contributed by atoms with Crippen molar-refractivity contribution in [1.82, 2.24) is 0 Å². The highest BCUT2D eigenvalue weighted by Crippen LogP contribution is 2.29. The summed E-state index contributed by atoms with van der Waals surface area (Å²) in [6.07, 6.45) is 9.21. The highest BCUT2D eigenvalue weighted by Gasteiger charge is 2.16. The van der Waals surface area contributed by atoms with Crippen LogP contribution in [0.4, 0.5) is 8.78 Å². The van der Waals surface area contributed by atoms with Crippen molar-refractivity contribution >= 4 is 11.6 Å². The summed E-state index contributed by atoms with van der Waals surface area (Å²) in [7, 11) is 0. The van der Waals surface area contributed by atoms with E-state index in [0.29, 0.717) is 12.0 Å². The Kier molecular flexibility index (Phi) is 5.62. The van der Waals surface area contributed by atoms with Crippen LogP contribution in [0, 0.1) is 17.6 Å². The van der Waals surface area contributed by atoms with Crippen LogP contribution in [-0.2, 0) is 6.42 Å². The number of alkyl halides is 1. The number of hydrogen-bond acceptors (Lipinski definition) is 0. The third kappa shape index (κ3) is 4.76. The monoisotopic (exact) mass is 286 g/mol. The van der Waals surface area contributed by atoms with Crippen molar-refractivity contribution < 1.29 is 8.78 Å². The van der Waals surface area contributed by atoms with Gasteiger partial charge in [-0.05, 0) is 36.8 Å². The average Bonchev–Trinajstić information content (AvgIpc) is 2.41. The third-order valence-corrected chi connectivity index (χ3v) is 4.44. The molecule has 2 rings (SSSR count). The number of rotatable bonds is 5. The number of halogens is 3. The van der Waals surface area contributed by atoms with Crippen LogP contribution in [0.1, 0.15) is 50.5 Å². The van der Waals surface area contributed by atoms with E-state index in [1.165, 1.54) is 44.2 Å². The molecule has 1 aromatic rings. The van der Waals surface area contributed by atoms with Crippen molar-refractivity contribution in [1.29, 1.82) is 0 Å². The quantitative estimate of drug-likeness (QED) is 0.629. The zero-order valence-electron chi connectivity index (χ0n) is 11.2. The number of benzene rings is 1. The Hall–Kier alpha value is -0.630. The zero-order valence-corrected chi connectivity index (χ0v) is 11.9. The second kappa shape index (κ2) is 7.23. The molecule has 1 unspecified atom stereocenters. The van der Waals surface area contributed by atoms with Crippen LogP contribution < -0.4 is 0 Å². The van der Waals surface area contributed by atoms with Gasteiger partial charge in [0.2, 0.25) is 0 Å². The number of hydrogen-bond donors (Lipinski definition) is 0. The van der Waals surface area contributed by atoms with E-state index >= 15 is 0 Å². The summed E-state index contributed by atoms with van der Waals surface area (Å²) in [4.78, 5) is 0. The average molecular weight is 287 g/mol. The molecule has 0 aliphatic heterocycles. The maximum Gasteiger partial charge on any atom is 0.129 e.